The molecule has 0 N–H and O–H groups in total. The Hall–Kier alpha value is -1.91. The van der Waals surface area contributed by atoms with Crippen molar-refractivity contribution in [1.29, 1.82) is 0 Å². The zero-order valence-corrected chi connectivity index (χ0v) is 9.85. The summed E-state index contributed by atoms with van der Waals surface area (Å²) in [6.45, 7) is 7.51. The Morgan fingerprint density at radius 2 is 1.31 bits per heavy atom. The number of aromatic nitrogens is 4. The SMILES string of the molecule is Cc1ncn(C(=O)n2cnc(C)c2C)c1C. The van der Waals surface area contributed by atoms with Gasteiger partial charge in [-0.3, -0.25) is 9.13 Å². The highest BCUT2D eigenvalue weighted by Gasteiger charge is 2.14. The summed E-state index contributed by atoms with van der Waals surface area (Å²) in [6.07, 6.45) is 3.09. The molecule has 0 aliphatic rings. The Kier molecular flexibility index (Phi) is 2.38. The van der Waals surface area contributed by atoms with Crippen molar-refractivity contribution in [2.45, 2.75) is 27.7 Å². The predicted molar refractivity (Wildman–Crippen MR) is 59.6 cm³/mol. The minimum absolute atomic E-state index is 0.142. The number of imidazole rings is 2. The second kappa shape index (κ2) is 3.59. The van der Waals surface area contributed by atoms with Crippen LogP contribution in [-0.2, 0) is 0 Å². The third kappa shape index (κ3) is 1.44. The summed E-state index contributed by atoms with van der Waals surface area (Å²) in [4.78, 5) is 20.4. The van der Waals surface area contributed by atoms with E-state index >= 15 is 0 Å². The van der Waals surface area contributed by atoms with E-state index < -0.39 is 0 Å². The first-order valence-corrected chi connectivity index (χ1v) is 5.08. The van der Waals surface area contributed by atoms with Crippen molar-refractivity contribution in [2.75, 3.05) is 0 Å². The van der Waals surface area contributed by atoms with Crippen LogP contribution in [-0.4, -0.2) is 25.1 Å². The van der Waals surface area contributed by atoms with Crippen LogP contribution in [0.25, 0.3) is 0 Å². The fourth-order valence-corrected chi connectivity index (χ4v) is 1.50. The molecule has 0 saturated heterocycles. The Balaban J connectivity index is 2.47. The van der Waals surface area contributed by atoms with Gasteiger partial charge in [0.2, 0.25) is 0 Å². The molecule has 0 aromatic carbocycles. The lowest BCUT2D eigenvalue weighted by Crippen LogP contribution is -2.20. The van der Waals surface area contributed by atoms with Crippen LogP contribution >= 0.6 is 0 Å². The summed E-state index contributed by atoms with van der Waals surface area (Å²) in [5, 5.41) is 0. The summed E-state index contributed by atoms with van der Waals surface area (Å²) in [7, 11) is 0. The van der Waals surface area contributed by atoms with Gasteiger partial charge in [-0.05, 0) is 27.7 Å². The second-order valence-corrected chi connectivity index (χ2v) is 3.85. The molecule has 0 amide bonds. The smallest absolute Gasteiger partial charge is 0.254 e. The van der Waals surface area contributed by atoms with E-state index in [0.29, 0.717) is 0 Å². The van der Waals surface area contributed by atoms with Crippen molar-refractivity contribution in [3.05, 3.63) is 35.4 Å². The molecule has 5 heteroatoms. The van der Waals surface area contributed by atoms with Crippen molar-refractivity contribution in [2.24, 2.45) is 0 Å². The van der Waals surface area contributed by atoms with Gasteiger partial charge in [-0.1, -0.05) is 0 Å². The molecule has 0 unspecified atom stereocenters. The average molecular weight is 218 g/mol. The maximum absolute atomic E-state index is 12.2. The topological polar surface area (TPSA) is 52.7 Å². The van der Waals surface area contributed by atoms with Crippen LogP contribution in [0.3, 0.4) is 0 Å². The van der Waals surface area contributed by atoms with Crippen LogP contribution in [0, 0.1) is 27.7 Å². The quantitative estimate of drug-likeness (QED) is 0.677. The predicted octanol–water partition coefficient (Wildman–Crippen LogP) is 1.83. The third-order valence-corrected chi connectivity index (χ3v) is 2.92. The zero-order chi connectivity index (χ0) is 11.9. The first-order chi connectivity index (χ1) is 7.52. The van der Waals surface area contributed by atoms with Gasteiger partial charge in [0, 0.05) is 11.4 Å². The van der Waals surface area contributed by atoms with E-state index in [0.717, 1.165) is 22.8 Å². The van der Waals surface area contributed by atoms with Gasteiger partial charge in [0.1, 0.15) is 12.7 Å². The molecule has 0 aliphatic heterocycles. The largest absolute Gasteiger partial charge is 0.339 e. The molecule has 5 nitrogen and oxygen atoms in total. The minimum Gasteiger partial charge on any atom is -0.254 e. The molecule has 84 valence electrons. The number of aryl methyl sites for hydroxylation is 2. The van der Waals surface area contributed by atoms with Crippen molar-refractivity contribution in [3.63, 3.8) is 0 Å². The second-order valence-electron chi connectivity index (χ2n) is 3.85. The number of carbonyl (C=O) groups excluding carboxylic acids is 1. The van der Waals surface area contributed by atoms with Crippen LogP contribution in [0.1, 0.15) is 22.8 Å². The van der Waals surface area contributed by atoms with Crippen molar-refractivity contribution in [1.82, 2.24) is 19.1 Å². The van der Waals surface area contributed by atoms with Gasteiger partial charge in [-0.25, -0.2) is 14.8 Å². The Morgan fingerprint density at radius 1 is 0.938 bits per heavy atom. The van der Waals surface area contributed by atoms with Crippen LogP contribution in [0.2, 0.25) is 0 Å². The first-order valence-electron chi connectivity index (χ1n) is 5.08. The van der Waals surface area contributed by atoms with E-state index in [1.165, 1.54) is 9.13 Å². The maximum atomic E-state index is 12.2. The summed E-state index contributed by atoms with van der Waals surface area (Å²) in [6, 6.07) is -0.142. The maximum Gasteiger partial charge on any atom is 0.339 e. The number of rotatable bonds is 0. The molecule has 16 heavy (non-hydrogen) atoms. The Labute approximate surface area is 93.8 Å². The van der Waals surface area contributed by atoms with Gasteiger partial charge in [0.05, 0.1) is 11.4 Å². The molecule has 0 saturated carbocycles. The Bertz CT molecular complexity index is 502. The third-order valence-electron chi connectivity index (χ3n) is 2.92. The van der Waals surface area contributed by atoms with Crippen LogP contribution in [0.5, 0.6) is 0 Å². The first kappa shape index (κ1) is 10.6. The van der Waals surface area contributed by atoms with E-state index in [4.69, 9.17) is 0 Å². The van der Waals surface area contributed by atoms with E-state index in [2.05, 4.69) is 9.97 Å². The molecule has 2 aromatic rings. The lowest BCUT2D eigenvalue weighted by atomic mass is 10.4. The molecule has 0 atom stereocenters. The van der Waals surface area contributed by atoms with Crippen LogP contribution < -0.4 is 0 Å². The van der Waals surface area contributed by atoms with E-state index in [1.807, 2.05) is 27.7 Å². The molecule has 0 aliphatic carbocycles. The summed E-state index contributed by atoms with van der Waals surface area (Å²) < 4.78 is 3.06. The normalized spacial score (nSPS) is 10.8. The van der Waals surface area contributed by atoms with E-state index in [1.54, 1.807) is 12.7 Å². The van der Waals surface area contributed by atoms with Crippen molar-refractivity contribution < 1.29 is 4.79 Å². The van der Waals surface area contributed by atoms with Gasteiger partial charge < -0.3 is 0 Å². The molecule has 2 heterocycles. The molecule has 0 radical (unpaired) electrons. The zero-order valence-electron chi connectivity index (χ0n) is 9.85. The van der Waals surface area contributed by atoms with E-state index in [9.17, 15) is 4.79 Å². The van der Waals surface area contributed by atoms with Crippen LogP contribution in [0.4, 0.5) is 4.79 Å². The summed E-state index contributed by atoms with van der Waals surface area (Å²) in [5.74, 6) is 0. The highest BCUT2D eigenvalue weighted by molar-refractivity contribution is 5.80. The number of nitrogens with zero attached hydrogens (tertiary/aromatic N) is 4. The number of carbonyl (C=O) groups is 1. The lowest BCUT2D eigenvalue weighted by molar-refractivity contribution is 0.243. The van der Waals surface area contributed by atoms with Gasteiger partial charge in [0.15, 0.2) is 0 Å². The highest BCUT2D eigenvalue weighted by Crippen LogP contribution is 2.09. The van der Waals surface area contributed by atoms with Crippen LogP contribution in [0.15, 0.2) is 12.7 Å². The standard InChI is InChI=1S/C11H14N4O/c1-7-9(3)14(5-12-7)11(16)15-6-13-8(2)10(15)4/h5-6H,1-4H3. The molecule has 0 fully saturated rings. The van der Waals surface area contributed by atoms with E-state index in [-0.39, 0.29) is 6.03 Å². The fourth-order valence-electron chi connectivity index (χ4n) is 1.50. The highest BCUT2D eigenvalue weighted by atomic mass is 16.2. The van der Waals surface area contributed by atoms with Gasteiger partial charge in [0.25, 0.3) is 0 Å². The van der Waals surface area contributed by atoms with Crippen molar-refractivity contribution in [3.8, 4) is 0 Å². The summed E-state index contributed by atoms with van der Waals surface area (Å²) >= 11 is 0. The number of hydrogen-bond acceptors (Lipinski definition) is 3. The molecule has 0 spiro atoms. The lowest BCUT2D eigenvalue weighted by Gasteiger charge is -2.06. The summed E-state index contributed by atoms with van der Waals surface area (Å²) in [5.41, 5.74) is 3.44. The molecule has 0 bridgehead atoms. The van der Waals surface area contributed by atoms with Gasteiger partial charge in [-0.15, -0.1) is 0 Å². The molecular weight excluding hydrogens is 204 g/mol. The average Bonchev–Trinajstić information content (AvgIpc) is 2.74. The fraction of sp³-hybridized carbons (Fsp3) is 0.364. The van der Waals surface area contributed by atoms with Gasteiger partial charge >= 0.3 is 6.03 Å². The van der Waals surface area contributed by atoms with Crippen molar-refractivity contribution >= 4 is 6.03 Å². The Morgan fingerprint density at radius 3 is 1.56 bits per heavy atom. The minimum atomic E-state index is -0.142. The number of hydrogen-bond donors (Lipinski definition) is 0. The molecule has 2 rings (SSSR count). The molecule has 2 aromatic heterocycles. The monoisotopic (exact) mass is 218 g/mol. The van der Waals surface area contributed by atoms with Gasteiger partial charge in [-0.2, -0.15) is 0 Å². The molecular formula is C11H14N4O.